The molecule has 1 atom stereocenters. The van der Waals surface area contributed by atoms with Crippen LogP contribution in [0.2, 0.25) is 0 Å². The zero-order valence-corrected chi connectivity index (χ0v) is 18.5. The maximum atomic E-state index is 7.15. The van der Waals surface area contributed by atoms with Crippen LogP contribution in [0.15, 0.2) is 42.5 Å². The number of fused-ring (bicyclic) bond motifs is 1. The summed E-state index contributed by atoms with van der Waals surface area (Å²) in [5.41, 5.74) is 8.54. The van der Waals surface area contributed by atoms with Gasteiger partial charge in [-0.3, -0.25) is 0 Å². The number of rotatable bonds is 13. The molecule has 0 fully saturated rings. The van der Waals surface area contributed by atoms with Gasteiger partial charge in [0, 0.05) is 11.5 Å². The first-order valence-corrected chi connectivity index (χ1v) is 11.4. The molecule has 28 heavy (non-hydrogen) atoms. The third kappa shape index (κ3) is 6.60. The van der Waals surface area contributed by atoms with Crippen LogP contribution in [0.3, 0.4) is 0 Å². The highest BCUT2D eigenvalue weighted by Gasteiger charge is 2.34. The number of nitrogens with two attached hydrogens (primary N) is 1. The summed E-state index contributed by atoms with van der Waals surface area (Å²) < 4.78 is 0. The van der Waals surface area contributed by atoms with Gasteiger partial charge in [-0.05, 0) is 35.6 Å². The van der Waals surface area contributed by atoms with E-state index < -0.39 is 0 Å². The normalized spacial score (nSPS) is 12.7. The van der Waals surface area contributed by atoms with Crippen molar-refractivity contribution in [3.05, 3.63) is 48.0 Å². The predicted molar refractivity (Wildman–Crippen MR) is 125 cm³/mol. The number of benzene rings is 2. The van der Waals surface area contributed by atoms with Crippen LogP contribution in [0.1, 0.15) is 103 Å². The standard InChI is InChI=1S/C26H41N.H2O/c1-4-7-8-9-10-11-19-25(26(27,20-5-2)21-6-3)24-18-14-16-22-15-12-13-17-23(22)24;/h12-18,25H,4-11,19-21,27H2,1-3H3;1H2. The summed E-state index contributed by atoms with van der Waals surface area (Å²) in [6, 6.07) is 15.6. The van der Waals surface area contributed by atoms with Crippen molar-refractivity contribution in [2.45, 2.75) is 103 Å². The Labute approximate surface area is 173 Å². The lowest BCUT2D eigenvalue weighted by Gasteiger charge is -2.39. The van der Waals surface area contributed by atoms with Crippen molar-refractivity contribution < 1.29 is 5.48 Å². The second-order valence-electron chi connectivity index (χ2n) is 8.41. The van der Waals surface area contributed by atoms with Crippen LogP contribution in [0.4, 0.5) is 0 Å². The van der Waals surface area contributed by atoms with Gasteiger partial charge in [0.25, 0.3) is 0 Å². The van der Waals surface area contributed by atoms with E-state index >= 15 is 0 Å². The maximum absolute atomic E-state index is 7.15. The van der Waals surface area contributed by atoms with Crippen LogP contribution < -0.4 is 5.73 Å². The van der Waals surface area contributed by atoms with Gasteiger partial charge in [0.15, 0.2) is 0 Å². The Morgan fingerprint density at radius 1 is 0.750 bits per heavy atom. The second kappa shape index (κ2) is 13.0. The van der Waals surface area contributed by atoms with E-state index in [9.17, 15) is 0 Å². The topological polar surface area (TPSA) is 57.5 Å². The van der Waals surface area contributed by atoms with Crippen LogP contribution in [0, 0.1) is 0 Å². The van der Waals surface area contributed by atoms with Crippen molar-refractivity contribution in [3.63, 3.8) is 0 Å². The first-order chi connectivity index (χ1) is 13.2. The predicted octanol–water partition coefficient (Wildman–Crippen LogP) is 7.15. The van der Waals surface area contributed by atoms with Crippen LogP contribution in [-0.4, -0.2) is 11.0 Å². The van der Waals surface area contributed by atoms with Crippen molar-refractivity contribution in [3.8, 4) is 0 Å². The molecule has 0 aliphatic rings. The number of hydrogen-bond donors (Lipinski definition) is 1. The molecule has 0 spiro atoms. The monoisotopic (exact) mass is 385 g/mol. The minimum Gasteiger partial charge on any atom is -0.412 e. The zero-order chi connectivity index (χ0) is 19.5. The van der Waals surface area contributed by atoms with Gasteiger partial charge in [-0.25, -0.2) is 0 Å². The molecule has 0 aliphatic carbocycles. The quantitative estimate of drug-likeness (QED) is 0.366. The molecule has 158 valence electrons. The van der Waals surface area contributed by atoms with E-state index in [0.29, 0.717) is 5.92 Å². The Balaban J connectivity index is 0.00000392. The Morgan fingerprint density at radius 2 is 1.36 bits per heavy atom. The average Bonchev–Trinajstić information content (AvgIpc) is 2.67. The average molecular weight is 386 g/mol. The molecule has 0 heterocycles. The minimum absolute atomic E-state index is 0. The van der Waals surface area contributed by atoms with Crippen molar-refractivity contribution in [1.29, 1.82) is 0 Å². The van der Waals surface area contributed by atoms with Gasteiger partial charge in [0.05, 0.1) is 0 Å². The highest BCUT2D eigenvalue weighted by Crippen LogP contribution is 2.40. The summed E-state index contributed by atoms with van der Waals surface area (Å²) in [7, 11) is 0. The smallest absolute Gasteiger partial charge is 0.0223 e. The van der Waals surface area contributed by atoms with Crippen molar-refractivity contribution >= 4 is 10.8 Å². The number of hydrogen-bond acceptors (Lipinski definition) is 1. The van der Waals surface area contributed by atoms with Crippen LogP contribution in [0.5, 0.6) is 0 Å². The van der Waals surface area contributed by atoms with E-state index in [1.54, 1.807) is 0 Å². The summed E-state index contributed by atoms with van der Waals surface area (Å²) in [6.45, 7) is 6.85. The van der Waals surface area contributed by atoms with Crippen LogP contribution in [0.25, 0.3) is 10.8 Å². The molecule has 0 radical (unpaired) electrons. The maximum Gasteiger partial charge on any atom is 0.0223 e. The highest BCUT2D eigenvalue weighted by atomic mass is 16.0. The molecule has 0 amide bonds. The molecule has 0 saturated heterocycles. The first kappa shape index (κ1) is 24.7. The molecular weight excluding hydrogens is 342 g/mol. The molecule has 2 heteroatoms. The molecule has 0 bridgehead atoms. The fraction of sp³-hybridized carbons (Fsp3) is 0.615. The first-order valence-electron chi connectivity index (χ1n) is 11.4. The molecule has 2 rings (SSSR count). The molecule has 0 aliphatic heterocycles. The molecule has 0 saturated carbocycles. The third-order valence-electron chi connectivity index (χ3n) is 6.17. The molecule has 4 N–H and O–H groups in total. The van der Waals surface area contributed by atoms with Gasteiger partial charge in [0.1, 0.15) is 0 Å². The van der Waals surface area contributed by atoms with Gasteiger partial charge in [-0.1, -0.05) is 115 Å². The molecule has 2 nitrogen and oxygen atoms in total. The second-order valence-corrected chi connectivity index (χ2v) is 8.41. The number of unbranched alkanes of at least 4 members (excludes halogenated alkanes) is 5. The van der Waals surface area contributed by atoms with Crippen LogP contribution in [-0.2, 0) is 0 Å². The minimum atomic E-state index is -0.0863. The Kier molecular flexibility index (Phi) is 11.4. The van der Waals surface area contributed by atoms with Gasteiger partial charge in [-0.15, -0.1) is 0 Å². The van der Waals surface area contributed by atoms with Crippen molar-refractivity contribution in [2.24, 2.45) is 5.73 Å². The highest BCUT2D eigenvalue weighted by molar-refractivity contribution is 5.86. The van der Waals surface area contributed by atoms with E-state index in [-0.39, 0.29) is 11.0 Å². The lowest BCUT2D eigenvalue weighted by molar-refractivity contribution is 0.276. The summed E-state index contributed by atoms with van der Waals surface area (Å²) in [6.07, 6.45) is 13.9. The fourth-order valence-electron chi connectivity index (χ4n) is 4.84. The summed E-state index contributed by atoms with van der Waals surface area (Å²) >= 11 is 0. The van der Waals surface area contributed by atoms with E-state index in [0.717, 1.165) is 25.7 Å². The molecular formula is C26H43NO. The zero-order valence-electron chi connectivity index (χ0n) is 18.5. The largest absolute Gasteiger partial charge is 0.412 e. The summed E-state index contributed by atoms with van der Waals surface area (Å²) in [4.78, 5) is 0. The van der Waals surface area contributed by atoms with E-state index in [4.69, 9.17) is 5.73 Å². The Morgan fingerprint density at radius 3 is 2.04 bits per heavy atom. The van der Waals surface area contributed by atoms with Gasteiger partial charge >= 0.3 is 0 Å². The van der Waals surface area contributed by atoms with Gasteiger partial charge in [-0.2, -0.15) is 0 Å². The molecule has 0 aromatic heterocycles. The van der Waals surface area contributed by atoms with Gasteiger partial charge < -0.3 is 11.2 Å². The lowest BCUT2D eigenvalue weighted by atomic mass is 9.71. The molecule has 2 aromatic carbocycles. The lowest BCUT2D eigenvalue weighted by Crippen LogP contribution is -2.45. The van der Waals surface area contributed by atoms with E-state index in [1.807, 2.05) is 0 Å². The SMILES string of the molecule is CCCCCCCCC(c1cccc2ccccc12)C(N)(CCC)CCC.O. The van der Waals surface area contributed by atoms with E-state index in [1.165, 1.54) is 61.3 Å². The molecule has 1 unspecified atom stereocenters. The third-order valence-corrected chi connectivity index (χ3v) is 6.17. The van der Waals surface area contributed by atoms with Crippen molar-refractivity contribution in [2.75, 3.05) is 0 Å². The Bertz CT molecular complexity index is 655. The summed E-state index contributed by atoms with van der Waals surface area (Å²) in [5, 5.41) is 2.75. The summed E-state index contributed by atoms with van der Waals surface area (Å²) in [5.74, 6) is 0.453. The molecule has 2 aromatic rings. The van der Waals surface area contributed by atoms with Crippen LogP contribution >= 0.6 is 0 Å². The van der Waals surface area contributed by atoms with Gasteiger partial charge in [0.2, 0.25) is 0 Å². The Hall–Kier alpha value is -1.38. The van der Waals surface area contributed by atoms with E-state index in [2.05, 4.69) is 63.2 Å². The van der Waals surface area contributed by atoms with Crippen molar-refractivity contribution in [1.82, 2.24) is 0 Å². The fourth-order valence-corrected chi connectivity index (χ4v) is 4.84.